The molecule has 11 heavy (non-hydrogen) atoms. The summed E-state index contributed by atoms with van der Waals surface area (Å²) < 4.78 is 4.82. The van der Waals surface area contributed by atoms with Crippen molar-refractivity contribution in [2.45, 2.75) is 32.4 Å². The van der Waals surface area contributed by atoms with Crippen LogP contribution >= 0.6 is 0 Å². The highest BCUT2D eigenvalue weighted by molar-refractivity contribution is 4.52. The molecule has 1 atom stereocenters. The zero-order valence-corrected chi connectivity index (χ0v) is 7.47. The number of rotatable bonds is 7. The summed E-state index contributed by atoms with van der Waals surface area (Å²) in [4.78, 5) is 0. The standard InChI is InChI=1S/C8H19NO2/c1-3-4-6-9-8(10)5-7-11-2/h8-10H,3-7H2,1-2H3. The van der Waals surface area contributed by atoms with E-state index in [-0.39, 0.29) is 0 Å². The molecule has 0 amide bonds. The third-order valence-corrected chi connectivity index (χ3v) is 1.51. The average molecular weight is 161 g/mol. The molecule has 0 saturated heterocycles. The molecule has 1 unspecified atom stereocenters. The molecule has 0 fully saturated rings. The Morgan fingerprint density at radius 3 is 2.82 bits per heavy atom. The molecule has 0 aliphatic carbocycles. The maximum Gasteiger partial charge on any atom is 0.107 e. The minimum atomic E-state index is -0.401. The summed E-state index contributed by atoms with van der Waals surface area (Å²) >= 11 is 0. The molecule has 2 N–H and O–H groups in total. The number of aliphatic hydroxyl groups excluding tert-OH is 1. The summed E-state index contributed by atoms with van der Waals surface area (Å²) in [6.45, 7) is 3.63. The van der Waals surface area contributed by atoms with Gasteiger partial charge in [0.1, 0.15) is 6.23 Å². The van der Waals surface area contributed by atoms with E-state index < -0.39 is 6.23 Å². The van der Waals surface area contributed by atoms with Gasteiger partial charge in [0, 0.05) is 20.1 Å². The zero-order chi connectivity index (χ0) is 8.53. The van der Waals surface area contributed by atoms with Crippen molar-refractivity contribution in [1.82, 2.24) is 5.32 Å². The first kappa shape index (κ1) is 10.9. The van der Waals surface area contributed by atoms with Gasteiger partial charge >= 0.3 is 0 Å². The van der Waals surface area contributed by atoms with Crippen LogP contribution in [0.4, 0.5) is 0 Å². The fourth-order valence-electron chi connectivity index (χ4n) is 0.777. The van der Waals surface area contributed by atoms with E-state index in [1.54, 1.807) is 7.11 Å². The number of nitrogens with one attached hydrogen (secondary N) is 1. The number of methoxy groups -OCH3 is 1. The van der Waals surface area contributed by atoms with Crippen LogP contribution in [-0.4, -0.2) is 31.6 Å². The predicted octanol–water partition coefficient (Wildman–Crippen LogP) is 0.731. The lowest BCUT2D eigenvalue weighted by atomic mass is 10.3. The lowest BCUT2D eigenvalue weighted by Gasteiger charge is -2.10. The fraction of sp³-hybridized carbons (Fsp3) is 1.00. The highest BCUT2D eigenvalue weighted by Crippen LogP contribution is 1.89. The first-order valence-electron chi connectivity index (χ1n) is 4.21. The van der Waals surface area contributed by atoms with E-state index >= 15 is 0 Å². The Balaban J connectivity index is 3.02. The van der Waals surface area contributed by atoms with Gasteiger partial charge in [-0.25, -0.2) is 0 Å². The van der Waals surface area contributed by atoms with E-state index in [1.807, 2.05) is 0 Å². The van der Waals surface area contributed by atoms with E-state index in [0.717, 1.165) is 19.4 Å². The molecule has 0 aromatic rings. The van der Waals surface area contributed by atoms with Crippen molar-refractivity contribution in [3.8, 4) is 0 Å². The van der Waals surface area contributed by atoms with Crippen LogP contribution < -0.4 is 5.32 Å². The van der Waals surface area contributed by atoms with Crippen molar-refractivity contribution in [2.75, 3.05) is 20.3 Å². The van der Waals surface area contributed by atoms with Crippen molar-refractivity contribution in [2.24, 2.45) is 0 Å². The molecule has 0 spiro atoms. The summed E-state index contributed by atoms with van der Waals surface area (Å²) in [5.74, 6) is 0. The average Bonchev–Trinajstić information content (AvgIpc) is 2.01. The first-order chi connectivity index (χ1) is 5.31. The number of unbranched alkanes of at least 4 members (excludes halogenated alkanes) is 1. The molecular formula is C8H19NO2. The fourth-order valence-corrected chi connectivity index (χ4v) is 0.777. The van der Waals surface area contributed by atoms with Crippen LogP contribution in [0, 0.1) is 0 Å². The van der Waals surface area contributed by atoms with Gasteiger partial charge in [0.2, 0.25) is 0 Å². The molecule has 68 valence electrons. The molecule has 0 aliphatic heterocycles. The van der Waals surface area contributed by atoms with Crippen LogP contribution in [0.2, 0.25) is 0 Å². The van der Waals surface area contributed by atoms with E-state index in [1.165, 1.54) is 0 Å². The molecule has 3 nitrogen and oxygen atoms in total. The van der Waals surface area contributed by atoms with Gasteiger partial charge in [-0.05, 0) is 13.0 Å². The van der Waals surface area contributed by atoms with Crippen molar-refractivity contribution in [3.05, 3.63) is 0 Å². The smallest absolute Gasteiger partial charge is 0.107 e. The Morgan fingerprint density at radius 1 is 1.55 bits per heavy atom. The molecule has 0 bridgehead atoms. The summed E-state index contributed by atoms with van der Waals surface area (Å²) in [5, 5.41) is 12.2. The van der Waals surface area contributed by atoms with Gasteiger partial charge in [0.15, 0.2) is 0 Å². The Bertz CT molecular complexity index is 78.5. The van der Waals surface area contributed by atoms with Crippen LogP contribution in [0.15, 0.2) is 0 Å². The van der Waals surface area contributed by atoms with Crippen LogP contribution in [0.5, 0.6) is 0 Å². The molecule has 3 heteroatoms. The van der Waals surface area contributed by atoms with Gasteiger partial charge in [0.05, 0.1) is 0 Å². The van der Waals surface area contributed by atoms with Gasteiger partial charge in [-0.1, -0.05) is 13.3 Å². The molecule has 0 rings (SSSR count). The second kappa shape index (κ2) is 7.98. The van der Waals surface area contributed by atoms with Gasteiger partial charge in [-0.15, -0.1) is 0 Å². The maximum absolute atomic E-state index is 9.22. The van der Waals surface area contributed by atoms with E-state index in [4.69, 9.17) is 4.74 Å². The Kier molecular flexibility index (Phi) is 7.89. The Labute approximate surface area is 68.8 Å². The normalized spacial score (nSPS) is 13.4. The van der Waals surface area contributed by atoms with Crippen LogP contribution in [0.3, 0.4) is 0 Å². The minimum absolute atomic E-state index is 0.401. The third-order valence-electron chi connectivity index (χ3n) is 1.51. The summed E-state index contributed by atoms with van der Waals surface area (Å²) in [6.07, 6.45) is 2.54. The number of hydrogen-bond donors (Lipinski definition) is 2. The van der Waals surface area contributed by atoms with Crippen molar-refractivity contribution >= 4 is 0 Å². The topological polar surface area (TPSA) is 41.5 Å². The van der Waals surface area contributed by atoms with Crippen molar-refractivity contribution < 1.29 is 9.84 Å². The highest BCUT2D eigenvalue weighted by atomic mass is 16.5. The SMILES string of the molecule is CCCCNC(O)CCOC. The highest BCUT2D eigenvalue weighted by Gasteiger charge is 1.99. The molecule has 0 radical (unpaired) electrons. The van der Waals surface area contributed by atoms with Gasteiger partial charge < -0.3 is 9.84 Å². The third kappa shape index (κ3) is 7.78. The largest absolute Gasteiger partial charge is 0.385 e. The van der Waals surface area contributed by atoms with Gasteiger partial charge in [-0.2, -0.15) is 0 Å². The van der Waals surface area contributed by atoms with Crippen molar-refractivity contribution in [1.29, 1.82) is 0 Å². The van der Waals surface area contributed by atoms with Gasteiger partial charge in [0.25, 0.3) is 0 Å². The molecule has 0 aliphatic rings. The molecule has 0 saturated carbocycles. The molecule has 0 heterocycles. The van der Waals surface area contributed by atoms with E-state index in [0.29, 0.717) is 13.0 Å². The van der Waals surface area contributed by atoms with Crippen LogP contribution in [0.1, 0.15) is 26.2 Å². The second-order valence-corrected chi connectivity index (χ2v) is 2.60. The summed E-state index contributed by atoms with van der Waals surface area (Å²) in [7, 11) is 1.64. The molecular weight excluding hydrogens is 142 g/mol. The Hall–Kier alpha value is -0.120. The zero-order valence-electron chi connectivity index (χ0n) is 7.47. The number of ether oxygens (including phenoxy) is 1. The van der Waals surface area contributed by atoms with Gasteiger partial charge in [-0.3, -0.25) is 5.32 Å². The predicted molar refractivity (Wildman–Crippen MR) is 45.4 cm³/mol. The maximum atomic E-state index is 9.22. The van der Waals surface area contributed by atoms with E-state index in [9.17, 15) is 5.11 Å². The Morgan fingerprint density at radius 2 is 2.27 bits per heavy atom. The van der Waals surface area contributed by atoms with Crippen molar-refractivity contribution in [3.63, 3.8) is 0 Å². The first-order valence-corrected chi connectivity index (χ1v) is 4.21. The molecule has 0 aromatic heterocycles. The lowest BCUT2D eigenvalue weighted by Crippen LogP contribution is -2.30. The van der Waals surface area contributed by atoms with Crippen LogP contribution in [-0.2, 0) is 4.74 Å². The minimum Gasteiger partial charge on any atom is -0.385 e. The number of aliphatic hydroxyl groups is 1. The summed E-state index contributed by atoms with van der Waals surface area (Å²) in [5.41, 5.74) is 0. The molecule has 0 aromatic carbocycles. The lowest BCUT2D eigenvalue weighted by molar-refractivity contribution is 0.0863. The van der Waals surface area contributed by atoms with Crippen LogP contribution in [0.25, 0.3) is 0 Å². The van der Waals surface area contributed by atoms with E-state index in [2.05, 4.69) is 12.2 Å². The quantitative estimate of drug-likeness (QED) is 0.427. The second-order valence-electron chi connectivity index (χ2n) is 2.60. The monoisotopic (exact) mass is 161 g/mol. The summed E-state index contributed by atoms with van der Waals surface area (Å²) in [6, 6.07) is 0. The number of hydrogen-bond acceptors (Lipinski definition) is 3.